The molecule has 110 valence electrons. The van der Waals surface area contributed by atoms with Crippen LogP contribution in [0.4, 0.5) is 0 Å². The summed E-state index contributed by atoms with van der Waals surface area (Å²) < 4.78 is 1.46. The van der Waals surface area contributed by atoms with Crippen molar-refractivity contribution in [3.63, 3.8) is 0 Å². The molecule has 0 saturated heterocycles. The smallest absolute Gasteiger partial charge is 0.326 e. The Morgan fingerprint density at radius 3 is 2.48 bits per heavy atom. The van der Waals surface area contributed by atoms with Crippen LogP contribution in [0.5, 0.6) is 0 Å². The number of carboxylic acids is 1. The molecule has 2 N–H and O–H groups in total. The zero-order valence-corrected chi connectivity index (χ0v) is 11.7. The number of rotatable bonds is 5. The predicted octanol–water partition coefficient (Wildman–Crippen LogP) is 1.11. The molecule has 0 radical (unpaired) electrons. The van der Waals surface area contributed by atoms with Gasteiger partial charge in [-0.2, -0.15) is 0 Å². The summed E-state index contributed by atoms with van der Waals surface area (Å²) in [6.45, 7) is 3.44. The van der Waals surface area contributed by atoms with E-state index in [1.54, 1.807) is 13.8 Å². The second-order valence-electron chi connectivity index (χ2n) is 4.92. The van der Waals surface area contributed by atoms with Crippen molar-refractivity contribution < 1.29 is 14.7 Å². The van der Waals surface area contributed by atoms with Gasteiger partial charge in [0.25, 0.3) is 5.91 Å². The second kappa shape index (κ2) is 6.17. The lowest BCUT2D eigenvalue weighted by Gasteiger charge is -2.16. The highest BCUT2D eigenvalue weighted by molar-refractivity contribution is 5.94. The molecule has 0 aliphatic carbocycles. The normalized spacial score (nSPS) is 12.1. The monoisotopic (exact) mass is 288 g/mol. The zero-order valence-electron chi connectivity index (χ0n) is 11.7. The van der Waals surface area contributed by atoms with Crippen molar-refractivity contribution in [2.45, 2.75) is 19.9 Å². The van der Waals surface area contributed by atoms with Gasteiger partial charge in [0.05, 0.1) is 11.9 Å². The molecule has 21 heavy (non-hydrogen) atoms. The van der Waals surface area contributed by atoms with Crippen molar-refractivity contribution >= 4 is 11.9 Å². The molecule has 2 rings (SSSR count). The summed E-state index contributed by atoms with van der Waals surface area (Å²) in [6.07, 6.45) is 1.46. The van der Waals surface area contributed by atoms with Crippen LogP contribution in [0.3, 0.4) is 0 Å². The Morgan fingerprint density at radius 1 is 1.24 bits per heavy atom. The molecule has 0 aliphatic heterocycles. The molecular weight excluding hydrogens is 272 g/mol. The molecule has 1 amide bonds. The Balaban J connectivity index is 2.14. The fraction of sp³-hybridized carbons (Fsp3) is 0.286. The standard InChI is InChI=1S/C14H16N4O3/c1-9(2)12(14(20)21)15-13(19)11-8-18(17-16-11)10-6-4-3-5-7-10/h3-9,12H,1-2H3,(H,15,19)(H,20,21). The van der Waals surface area contributed by atoms with Crippen LogP contribution in [-0.4, -0.2) is 38.0 Å². The van der Waals surface area contributed by atoms with Crippen molar-refractivity contribution in [2.24, 2.45) is 5.92 Å². The van der Waals surface area contributed by atoms with Gasteiger partial charge >= 0.3 is 5.97 Å². The molecule has 0 aliphatic rings. The SMILES string of the molecule is CC(C)C(NC(=O)c1cn(-c2ccccc2)nn1)C(=O)O. The molecule has 1 atom stereocenters. The van der Waals surface area contributed by atoms with Crippen LogP contribution in [0.15, 0.2) is 36.5 Å². The number of amides is 1. The van der Waals surface area contributed by atoms with Crippen LogP contribution in [0.2, 0.25) is 0 Å². The molecule has 1 aromatic carbocycles. The Labute approximate surface area is 121 Å². The summed E-state index contributed by atoms with van der Waals surface area (Å²) in [5.41, 5.74) is 0.841. The van der Waals surface area contributed by atoms with Gasteiger partial charge in [-0.1, -0.05) is 37.3 Å². The highest BCUT2D eigenvalue weighted by Gasteiger charge is 2.25. The van der Waals surface area contributed by atoms with E-state index < -0.39 is 17.9 Å². The Morgan fingerprint density at radius 2 is 1.90 bits per heavy atom. The van der Waals surface area contributed by atoms with E-state index in [1.165, 1.54) is 10.9 Å². The lowest BCUT2D eigenvalue weighted by molar-refractivity contribution is -0.140. The van der Waals surface area contributed by atoms with E-state index in [9.17, 15) is 9.59 Å². The summed E-state index contributed by atoms with van der Waals surface area (Å²) in [7, 11) is 0. The fourth-order valence-corrected chi connectivity index (χ4v) is 1.80. The minimum atomic E-state index is -1.08. The number of nitrogens with one attached hydrogen (secondary N) is 1. The van der Waals surface area contributed by atoms with Crippen molar-refractivity contribution in [3.8, 4) is 5.69 Å². The van der Waals surface area contributed by atoms with Gasteiger partial charge in [-0.25, -0.2) is 9.48 Å². The maximum absolute atomic E-state index is 12.0. The van der Waals surface area contributed by atoms with E-state index in [2.05, 4.69) is 15.6 Å². The van der Waals surface area contributed by atoms with Crippen LogP contribution in [0, 0.1) is 5.92 Å². The Kier molecular flexibility index (Phi) is 4.32. The molecule has 2 aromatic rings. The van der Waals surface area contributed by atoms with E-state index in [0.29, 0.717) is 0 Å². The highest BCUT2D eigenvalue weighted by Crippen LogP contribution is 2.07. The Bertz CT molecular complexity index is 637. The number of benzene rings is 1. The van der Waals surface area contributed by atoms with Gasteiger partial charge in [0, 0.05) is 0 Å². The first-order valence-electron chi connectivity index (χ1n) is 6.50. The highest BCUT2D eigenvalue weighted by atomic mass is 16.4. The van der Waals surface area contributed by atoms with Gasteiger partial charge in [-0.05, 0) is 18.1 Å². The van der Waals surface area contributed by atoms with Gasteiger partial charge in [0.15, 0.2) is 5.69 Å². The van der Waals surface area contributed by atoms with Gasteiger partial charge in [-0.3, -0.25) is 4.79 Å². The molecule has 7 nitrogen and oxygen atoms in total. The molecule has 0 saturated carbocycles. The van der Waals surface area contributed by atoms with Gasteiger partial charge < -0.3 is 10.4 Å². The van der Waals surface area contributed by atoms with Crippen molar-refractivity contribution in [1.29, 1.82) is 0 Å². The van der Waals surface area contributed by atoms with Crippen LogP contribution in [0.25, 0.3) is 5.69 Å². The van der Waals surface area contributed by atoms with E-state index in [-0.39, 0.29) is 11.6 Å². The summed E-state index contributed by atoms with van der Waals surface area (Å²) >= 11 is 0. The summed E-state index contributed by atoms with van der Waals surface area (Å²) in [4.78, 5) is 23.1. The summed E-state index contributed by atoms with van der Waals surface area (Å²) in [6, 6.07) is 8.24. The zero-order chi connectivity index (χ0) is 15.4. The van der Waals surface area contributed by atoms with E-state index >= 15 is 0 Å². The Hall–Kier alpha value is -2.70. The summed E-state index contributed by atoms with van der Waals surface area (Å²) in [5, 5.41) is 19.1. The third-order valence-corrected chi connectivity index (χ3v) is 2.97. The number of hydrogen-bond donors (Lipinski definition) is 2. The first kappa shape index (κ1) is 14.7. The minimum Gasteiger partial charge on any atom is -0.480 e. The van der Waals surface area contributed by atoms with Gasteiger partial charge in [-0.15, -0.1) is 5.10 Å². The number of carboxylic acid groups (broad SMARTS) is 1. The number of aromatic nitrogens is 3. The van der Waals surface area contributed by atoms with Crippen molar-refractivity contribution in [3.05, 3.63) is 42.2 Å². The van der Waals surface area contributed by atoms with Crippen LogP contribution >= 0.6 is 0 Å². The molecule has 0 bridgehead atoms. The maximum Gasteiger partial charge on any atom is 0.326 e. The van der Waals surface area contributed by atoms with Crippen molar-refractivity contribution in [2.75, 3.05) is 0 Å². The number of hydrogen-bond acceptors (Lipinski definition) is 4. The quantitative estimate of drug-likeness (QED) is 0.859. The summed E-state index contributed by atoms with van der Waals surface area (Å²) in [5.74, 6) is -1.86. The number of carbonyl (C=O) groups is 2. The predicted molar refractivity (Wildman–Crippen MR) is 75.1 cm³/mol. The minimum absolute atomic E-state index is 0.0748. The fourth-order valence-electron chi connectivity index (χ4n) is 1.80. The number of nitrogens with zero attached hydrogens (tertiary/aromatic N) is 3. The third-order valence-electron chi connectivity index (χ3n) is 2.97. The molecule has 1 aromatic heterocycles. The third kappa shape index (κ3) is 3.44. The first-order valence-corrected chi connectivity index (χ1v) is 6.50. The van der Waals surface area contributed by atoms with Crippen molar-refractivity contribution in [1.82, 2.24) is 20.3 Å². The van der Waals surface area contributed by atoms with Gasteiger partial charge in [0.1, 0.15) is 6.04 Å². The van der Waals surface area contributed by atoms with E-state index in [0.717, 1.165) is 5.69 Å². The number of carbonyl (C=O) groups excluding carboxylic acids is 1. The molecule has 1 unspecified atom stereocenters. The first-order chi connectivity index (χ1) is 9.99. The molecule has 7 heteroatoms. The number of aliphatic carboxylic acids is 1. The van der Waals surface area contributed by atoms with E-state index in [4.69, 9.17) is 5.11 Å². The van der Waals surface area contributed by atoms with Crippen LogP contribution in [0.1, 0.15) is 24.3 Å². The van der Waals surface area contributed by atoms with Crippen LogP contribution in [-0.2, 0) is 4.79 Å². The lowest BCUT2D eigenvalue weighted by Crippen LogP contribution is -2.44. The maximum atomic E-state index is 12.0. The second-order valence-corrected chi connectivity index (χ2v) is 4.92. The molecular formula is C14H16N4O3. The molecule has 0 fully saturated rings. The van der Waals surface area contributed by atoms with E-state index in [1.807, 2.05) is 30.3 Å². The largest absolute Gasteiger partial charge is 0.480 e. The molecule has 0 spiro atoms. The topological polar surface area (TPSA) is 97.1 Å². The van der Waals surface area contributed by atoms with Crippen LogP contribution < -0.4 is 5.32 Å². The average molecular weight is 288 g/mol. The lowest BCUT2D eigenvalue weighted by atomic mass is 10.0. The number of para-hydroxylation sites is 1. The van der Waals surface area contributed by atoms with Gasteiger partial charge in [0.2, 0.25) is 0 Å². The average Bonchev–Trinajstić information content (AvgIpc) is 2.94. The molecule has 1 heterocycles.